The molecule has 2 heterocycles. The molecule has 0 saturated carbocycles. The molecule has 8 heteroatoms. The van der Waals surface area contributed by atoms with Gasteiger partial charge in [0.2, 0.25) is 0 Å². The number of imide groups is 2. The highest BCUT2D eigenvalue weighted by molar-refractivity contribution is 6.42. The normalized spacial score (nSPS) is 13.8. The van der Waals surface area contributed by atoms with E-state index in [1.807, 2.05) is 48.5 Å². The second-order valence-electron chi connectivity index (χ2n) is 15.0. The van der Waals surface area contributed by atoms with Crippen LogP contribution in [0.3, 0.4) is 0 Å². The Balaban J connectivity index is 1.20. The van der Waals surface area contributed by atoms with Gasteiger partial charge in [0.15, 0.2) is 0 Å². The van der Waals surface area contributed by atoms with Gasteiger partial charge >= 0.3 is 0 Å². The third-order valence-corrected chi connectivity index (χ3v) is 11.6. The lowest BCUT2D eigenvalue weighted by Crippen LogP contribution is -2.40. The van der Waals surface area contributed by atoms with Crippen LogP contribution in [-0.4, -0.2) is 33.4 Å². The molecule has 2 aliphatic rings. The van der Waals surface area contributed by atoms with Crippen LogP contribution in [-0.2, 0) is 25.9 Å². The highest BCUT2D eigenvalue weighted by Crippen LogP contribution is 2.48. The minimum absolute atomic E-state index is 0.0387. The number of benzene rings is 7. The summed E-state index contributed by atoms with van der Waals surface area (Å²) in [5, 5.41) is 25.4. The molecule has 4 amide bonds. The molecule has 9 rings (SSSR count). The summed E-state index contributed by atoms with van der Waals surface area (Å²) < 4.78 is 0. The fourth-order valence-electron chi connectivity index (χ4n) is 8.78. The van der Waals surface area contributed by atoms with Crippen molar-refractivity contribution in [2.24, 2.45) is 0 Å². The summed E-state index contributed by atoms with van der Waals surface area (Å²) >= 11 is 0. The van der Waals surface area contributed by atoms with Crippen LogP contribution in [0.25, 0.3) is 43.1 Å². The number of nitrogens with zero attached hydrogens (tertiary/aromatic N) is 4. The Morgan fingerprint density at radius 3 is 1.21 bits per heavy atom. The van der Waals surface area contributed by atoms with Crippen molar-refractivity contribution in [3.05, 3.63) is 141 Å². The first-order valence-electron chi connectivity index (χ1n) is 19.2. The van der Waals surface area contributed by atoms with E-state index in [4.69, 9.17) is 0 Å². The maximum absolute atomic E-state index is 14.3. The summed E-state index contributed by atoms with van der Waals surface area (Å²) in [5.74, 6) is -1.88. The molecular formula is C48H36N4O4. The van der Waals surface area contributed by atoms with Gasteiger partial charge in [-0.2, -0.15) is 10.5 Å². The van der Waals surface area contributed by atoms with Crippen molar-refractivity contribution in [3.63, 3.8) is 0 Å². The lowest BCUT2D eigenvalue weighted by molar-refractivity contribution is 0.0583. The average molecular weight is 733 g/mol. The average Bonchev–Trinajstić information content (AvgIpc) is 3.23. The van der Waals surface area contributed by atoms with E-state index in [1.54, 1.807) is 36.4 Å². The Morgan fingerprint density at radius 1 is 0.446 bits per heavy atom. The molecular weight excluding hydrogens is 697 g/mol. The first-order chi connectivity index (χ1) is 27.3. The molecule has 2 aliphatic heterocycles. The minimum Gasteiger partial charge on any atom is -0.270 e. The Labute approximate surface area is 323 Å². The van der Waals surface area contributed by atoms with Gasteiger partial charge in [-0.25, -0.2) is 0 Å². The van der Waals surface area contributed by atoms with E-state index in [0.717, 1.165) is 49.7 Å². The fraction of sp³-hybridized carbons (Fsp3) is 0.208. The molecule has 0 unspecified atom stereocenters. The van der Waals surface area contributed by atoms with E-state index in [2.05, 4.69) is 26.0 Å². The molecule has 272 valence electrons. The van der Waals surface area contributed by atoms with Crippen molar-refractivity contribution in [1.29, 1.82) is 10.5 Å². The number of unbranched alkanes of at least 4 members (excludes halogenated alkanes) is 2. The third kappa shape index (κ3) is 5.17. The van der Waals surface area contributed by atoms with Crippen LogP contribution in [0.5, 0.6) is 0 Å². The van der Waals surface area contributed by atoms with Crippen molar-refractivity contribution >= 4 is 66.7 Å². The predicted molar refractivity (Wildman–Crippen MR) is 216 cm³/mol. The van der Waals surface area contributed by atoms with E-state index in [0.29, 0.717) is 54.2 Å². The molecule has 7 aromatic carbocycles. The first-order valence-corrected chi connectivity index (χ1v) is 19.2. The van der Waals surface area contributed by atoms with E-state index in [9.17, 15) is 29.7 Å². The summed E-state index contributed by atoms with van der Waals surface area (Å²) in [5.41, 5.74) is 5.55. The molecule has 0 aliphatic carbocycles. The van der Waals surface area contributed by atoms with Crippen LogP contribution in [0.2, 0.25) is 0 Å². The highest BCUT2D eigenvalue weighted by Gasteiger charge is 2.38. The lowest BCUT2D eigenvalue weighted by Gasteiger charge is -2.31. The second kappa shape index (κ2) is 13.4. The smallest absolute Gasteiger partial charge is 0.261 e. The Kier molecular flexibility index (Phi) is 8.36. The predicted octanol–water partition coefficient (Wildman–Crippen LogP) is 9.76. The molecule has 8 nitrogen and oxygen atoms in total. The second-order valence-corrected chi connectivity index (χ2v) is 15.0. The first kappa shape index (κ1) is 34.8. The van der Waals surface area contributed by atoms with Crippen LogP contribution in [0.1, 0.15) is 114 Å². The third-order valence-electron chi connectivity index (χ3n) is 11.6. The van der Waals surface area contributed by atoms with Crippen molar-refractivity contribution in [2.75, 3.05) is 0 Å². The zero-order valence-corrected chi connectivity index (χ0v) is 31.2. The van der Waals surface area contributed by atoms with Crippen molar-refractivity contribution in [2.45, 2.75) is 65.5 Å². The summed E-state index contributed by atoms with van der Waals surface area (Å²) in [6.45, 7) is 4.45. The maximum atomic E-state index is 14.3. The number of nitriles is 2. The molecule has 0 saturated heterocycles. The van der Waals surface area contributed by atoms with E-state index < -0.39 is 23.6 Å². The van der Waals surface area contributed by atoms with Gasteiger partial charge in [-0.05, 0) is 88.4 Å². The minimum atomic E-state index is -0.515. The fourth-order valence-corrected chi connectivity index (χ4v) is 8.78. The summed E-state index contributed by atoms with van der Waals surface area (Å²) in [7, 11) is 0. The van der Waals surface area contributed by atoms with Crippen LogP contribution >= 0.6 is 0 Å². The van der Waals surface area contributed by atoms with Gasteiger partial charge in [0, 0.05) is 38.1 Å². The number of carbonyl (C=O) groups excluding carboxylic acids is 4. The molecule has 7 aromatic rings. The summed E-state index contributed by atoms with van der Waals surface area (Å²) in [6.07, 6.45) is 6.25. The van der Waals surface area contributed by atoms with E-state index in [1.165, 1.54) is 20.9 Å². The Morgan fingerprint density at radius 2 is 0.821 bits per heavy atom. The standard InChI is InChI=1S/C48H36N4O4/c1-3-5-7-27-9-13-29(14-10-27)25-51-45(53)35-19-17-33-39-31(23-49)21-37-43-38(48(56)52(47(37)55)26-30-15-11-28(12-16-30)8-6-4-2)22-32(24-50)40(44(39)43)34-18-20-36(46(51)54)42(35)41(33)34/h9-22H,3-8,25-26H2,1-2H3. The van der Waals surface area contributed by atoms with Crippen molar-refractivity contribution in [3.8, 4) is 12.1 Å². The number of fused-ring (bicyclic) bond motifs is 2. The number of rotatable bonds is 10. The molecule has 0 N–H and O–H groups in total. The Bertz CT molecular complexity index is 2790. The molecule has 0 bridgehead atoms. The van der Waals surface area contributed by atoms with Gasteiger partial charge in [-0.15, -0.1) is 0 Å². The molecule has 0 fully saturated rings. The van der Waals surface area contributed by atoms with Crippen LogP contribution in [0.15, 0.2) is 84.9 Å². The quantitative estimate of drug-likeness (QED) is 0.0784. The van der Waals surface area contributed by atoms with Gasteiger partial charge < -0.3 is 0 Å². The van der Waals surface area contributed by atoms with Gasteiger partial charge in [0.1, 0.15) is 0 Å². The zero-order chi connectivity index (χ0) is 38.8. The topological polar surface area (TPSA) is 122 Å². The van der Waals surface area contributed by atoms with Crippen LogP contribution in [0, 0.1) is 22.7 Å². The van der Waals surface area contributed by atoms with Crippen LogP contribution < -0.4 is 0 Å². The lowest BCUT2D eigenvalue weighted by atomic mass is 9.79. The number of aryl methyl sites for hydroxylation is 2. The zero-order valence-electron chi connectivity index (χ0n) is 31.2. The SMILES string of the molecule is CCCCc1ccc(CN2C(=O)c3ccc4c5c(C#N)cc6c7c(cc(C#N)c(c8ccc(c3c48)C2=O)c75)C(=O)N(Cc2ccc(CCCC)cc2)C6=O)cc1. The molecule has 56 heavy (non-hydrogen) atoms. The summed E-state index contributed by atoms with van der Waals surface area (Å²) in [6, 6.07) is 30.5. The maximum Gasteiger partial charge on any atom is 0.261 e. The van der Waals surface area contributed by atoms with E-state index >= 15 is 0 Å². The largest absolute Gasteiger partial charge is 0.270 e. The summed E-state index contributed by atoms with van der Waals surface area (Å²) in [4.78, 5) is 59.4. The molecule has 0 aromatic heterocycles. The molecule has 0 atom stereocenters. The van der Waals surface area contributed by atoms with E-state index in [-0.39, 0.29) is 35.3 Å². The highest BCUT2D eigenvalue weighted by atomic mass is 16.2. The number of carbonyl (C=O) groups is 4. The van der Waals surface area contributed by atoms with Gasteiger partial charge in [-0.3, -0.25) is 29.0 Å². The number of amides is 4. The van der Waals surface area contributed by atoms with Crippen molar-refractivity contribution in [1.82, 2.24) is 9.80 Å². The van der Waals surface area contributed by atoms with Gasteiger partial charge in [0.05, 0.1) is 47.5 Å². The van der Waals surface area contributed by atoms with Crippen molar-refractivity contribution < 1.29 is 19.2 Å². The monoisotopic (exact) mass is 732 g/mol. The molecule has 0 radical (unpaired) electrons. The van der Waals surface area contributed by atoms with Gasteiger partial charge in [0.25, 0.3) is 23.6 Å². The van der Waals surface area contributed by atoms with Crippen LogP contribution in [0.4, 0.5) is 0 Å². The van der Waals surface area contributed by atoms with Gasteiger partial charge in [-0.1, -0.05) is 87.4 Å². The molecule has 0 spiro atoms. The Hall–Kier alpha value is -6.90. The number of hydrogen-bond acceptors (Lipinski definition) is 6. The number of hydrogen-bond donors (Lipinski definition) is 0.